The molecule has 0 saturated heterocycles. The van der Waals surface area contributed by atoms with Gasteiger partial charge in [-0.25, -0.2) is 0 Å². The Morgan fingerprint density at radius 1 is 0.964 bits per heavy atom. The fourth-order valence-electron chi connectivity index (χ4n) is 3.82. The van der Waals surface area contributed by atoms with E-state index in [4.69, 9.17) is 9.73 Å². The zero-order valence-electron chi connectivity index (χ0n) is 14.2. The molecule has 0 bridgehead atoms. The molecule has 0 amide bonds. The Labute approximate surface area is 160 Å². The number of aliphatic imine (C=N–C) groups is 1. The van der Waals surface area contributed by atoms with Crippen molar-refractivity contribution in [3.8, 4) is 0 Å². The SMILES string of the molecule is O=C1C(O)=C2OC3C=C(S(=O)(=O)O)c4ccccc4C3N=C2c2ccccc21. The van der Waals surface area contributed by atoms with Crippen molar-refractivity contribution in [1.82, 2.24) is 0 Å². The van der Waals surface area contributed by atoms with E-state index in [9.17, 15) is 22.9 Å². The molecule has 0 spiro atoms. The molecule has 0 fully saturated rings. The fraction of sp³-hybridized carbons (Fsp3) is 0.100. The third-order valence-electron chi connectivity index (χ3n) is 5.04. The maximum Gasteiger partial charge on any atom is 0.294 e. The van der Waals surface area contributed by atoms with Crippen molar-refractivity contribution in [3.63, 3.8) is 0 Å². The second kappa shape index (κ2) is 5.63. The van der Waals surface area contributed by atoms with Crippen LogP contribution in [0.25, 0.3) is 4.91 Å². The minimum absolute atomic E-state index is 0.0877. The van der Waals surface area contributed by atoms with Crippen LogP contribution in [0.15, 0.2) is 71.1 Å². The van der Waals surface area contributed by atoms with Gasteiger partial charge in [0.2, 0.25) is 11.5 Å². The molecular formula is C20H13NO6S. The fourth-order valence-corrected chi connectivity index (χ4v) is 4.59. The van der Waals surface area contributed by atoms with Gasteiger partial charge in [0.25, 0.3) is 10.1 Å². The van der Waals surface area contributed by atoms with E-state index >= 15 is 0 Å². The largest absolute Gasteiger partial charge is 0.501 e. The van der Waals surface area contributed by atoms with Crippen LogP contribution < -0.4 is 0 Å². The Hall–Kier alpha value is -3.23. The zero-order valence-corrected chi connectivity index (χ0v) is 15.1. The van der Waals surface area contributed by atoms with Gasteiger partial charge in [0, 0.05) is 16.7 Å². The van der Waals surface area contributed by atoms with E-state index in [0.717, 1.165) is 0 Å². The first-order valence-corrected chi connectivity index (χ1v) is 9.91. The van der Waals surface area contributed by atoms with Gasteiger partial charge in [-0.2, -0.15) is 8.42 Å². The molecule has 0 aromatic heterocycles. The lowest BCUT2D eigenvalue weighted by Crippen LogP contribution is -2.35. The average Bonchev–Trinajstić information content (AvgIpc) is 2.69. The highest BCUT2D eigenvalue weighted by Crippen LogP contribution is 2.44. The number of aliphatic hydroxyl groups is 1. The summed E-state index contributed by atoms with van der Waals surface area (Å²) in [5.41, 5.74) is 2.12. The van der Waals surface area contributed by atoms with Crippen LogP contribution in [-0.2, 0) is 14.9 Å². The zero-order chi connectivity index (χ0) is 19.6. The van der Waals surface area contributed by atoms with Crippen LogP contribution in [0.5, 0.6) is 0 Å². The molecule has 8 heteroatoms. The second-order valence-corrected chi connectivity index (χ2v) is 8.04. The molecule has 2 unspecified atom stereocenters. The van der Waals surface area contributed by atoms with Crippen molar-refractivity contribution in [2.24, 2.45) is 4.99 Å². The summed E-state index contributed by atoms with van der Waals surface area (Å²) < 4.78 is 39.2. The van der Waals surface area contributed by atoms with Gasteiger partial charge in [0.1, 0.15) is 22.8 Å². The number of ether oxygens (including phenoxy) is 1. The maximum atomic E-state index is 12.5. The number of benzene rings is 2. The van der Waals surface area contributed by atoms with Crippen molar-refractivity contribution in [3.05, 3.63) is 88.4 Å². The van der Waals surface area contributed by atoms with Gasteiger partial charge in [0.05, 0.1) is 0 Å². The molecule has 5 rings (SSSR count). The van der Waals surface area contributed by atoms with Crippen molar-refractivity contribution in [2.45, 2.75) is 12.1 Å². The molecule has 1 aliphatic heterocycles. The monoisotopic (exact) mass is 395 g/mol. The van der Waals surface area contributed by atoms with Crippen molar-refractivity contribution in [1.29, 1.82) is 0 Å². The minimum atomic E-state index is -4.50. The first kappa shape index (κ1) is 16.9. The first-order chi connectivity index (χ1) is 13.4. The van der Waals surface area contributed by atoms with Gasteiger partial charge in [-0.15, -0.1) is 0 Å². The topological polar surface area (TPSA) is 113 Å². The summed E-state index contributed by atoms with van der Waals surface area (Å²) in [6, 6.07) is 12.9. The summed E-state index contributed by atoms with van der Waals surface area (Å²) >= 11 is 0. The van der Waals surface area contributed by atoms with E-state index in [2.05, 4.69) is 0 Å². The Kier molecular flexibility index (Phi) is 3.40. The molecule has 2 atom stereocenters. The molecule has 0 radical (unpaired) electrons. The molecular weight excluding hydrogens is 382 g/mol. The number of hydrogen-bond donors (Lipinski definition) is 2. The number of fused-ring (bicyclic) bond motifs is 6. The number of ketones is 1. The molecule has 28 heavy (non-hydrogen) atoms. The number of aliphatic hydroxyl groups excluding tert-OH is 1. The third-order valence-corrected chi connectivity index (χ3v) is 5.96. The van der Waals surface area contributed by atoms with Crippen molar-refractivity contribution < 1.29 is 27.6 Å². The van der Waals surface area contributed by atoms with E-state index < -0.39 is 33.8 Å². The average molecular weight is 395 g/mol. The first-order valence-electron chi connectivity index (χ1n) is 8.47. The Balaban J connectivity index is 1.77. The highest BCUT2D eigenvalue weighted by Gasteiger charge is 2.42. The van der Waals surface area contributed by atoms with Gasteiger partial charge in [0.15, 0.2) is 5.76 Å². The van der Waals surface area contributed by atoms with Crippen molar-refractivity contribution >= 4 is 26.5 Å². The van der Waals surface area contributed by atoms with Crippen LogP contribution in [0, 0.1) is 0 Å². The van der Waals surface area contributed by atoms with Crippen LogP contribution in [0.3, 0.4) is 0 Å². The van der Waals surface area contributed by atoms with Gasteiger partial charge >= 0.3 is 0 Å². The number of rotatable bonds is 1. The van der Waals surface area contributed by atoms with Crippen LogP contribution in [0.2, 0.25) is 0 Å². The third kappa shape index (κ3) is 2.28. The number of carbonyl (C=O) groups is 1. The standard InChI is InChI=1S/C20H13NO6S/c22-18-13-8-4-3-7-12(13)17-20(19(18)23)27-14-9-15(28(24,25)26)10-5-1-2-6-11(10)16(14)21-17/h1-9,14,16,23H,(H,24,25,26). The molecule has 2 aliphatic carbocycles. The quantitative estimate of drug-likeness (QED) is 0.718. The van der Waals surface area contributed by atoms with Crippen LogP contribution >= 0.6 is 0 Å². The lowest BCUT2D eigenvalue weighted by molar-refractivity contribution is 0.0904. The number of allylic oxidation sites excluding steroid dienone is 2. The van der Waals surface area contributed by atoms with Gasteiger partial charge in [-0.3, -0.25) is 14.3 Å². The summed E-state index contributed by atoms with van der Waals surface area (Å²) in [5.74, 6) is -1.25. The van der Waals surface area contributed by atoms with Crippen LogP contribution in [0.1, 0.15) is 33.1 Å². The number of carbonyl (C=O) groups excluding carboxylic acids is 1. The number of hydrogen-bond acceptors (Lipinski definition) is 6. The van der Waals surface area contributed by atoms with E-state index in [-0.39, 0.29) is 10.7 Å². The predicted octanol–water partition coefficient (Wildman–Crippen LogP) is 2.82. The summed E-state index contributed by atoms with van der Waals surface area (Å²) in [4.78, 5) is 16.9. The highest BCUT2D eigenvalue weighted by atomic mass is 32.2. The Morgan fingerprint density at radius 3 is 2.32 bits per heavy atom. The molecule has 140 valence electrons. The molecule has 2 aromatic carbocycles. The molecule has 7 nitrogen and oxygen atoms in total. The smallest absolute Gasteiger partial charge is 0.294 e. The summed E-state index contributed by atoms with van der Waals surface area (Å²) in [6.07, 6.45) is 0.360. The second-order valence-electron chi connectivity index (χ2n) is 6.65. The molecule has 3 aliphatic rings. The number of Topliss-reactive ketones (excluding diaryl/α,β-unsaturated/α-hetero) is 1. The van der Waals surface area contributed by atoms with E-state index in [0.29, 0.717) is 28.0 Å². The van der Waals surface area contributed by atoms with E-state index in [1.54, 1.807) is 48.5 Å². The van der Waals surface area contributed by atoms with E-state index in [1.165, 1.54) is 6.08 Å². The lowest BCUT2D eigenvalue weighted by atomic mass is 9.86. The lowest BCUT2D eigenvalue weighted by Gasteiger charge is -2.36. The van der Waals surface area contributed by atoms with Gasteiger partial charge in [-0.1, -0.05) is 48.5 Å². The Morgan fingerprint density at radius 2 is 1.61 bits per heavy atom. The Bertz CT molecular complexity index is 1250. The molecule has 0 saturated carbocycles. The predicted molar refractivity (Wildman–Crippen MR) is 101 cm³/mol. The van der Waals surface area contributed by atoms with Gasteiger partial charge < -0.3 is 9.84 Å². The number of nitrogens with zero attached hydrogens (tertiary/aromatic N) is 1. The minimum Gasteiger partial charge on any atom is -0.501 e. The normalized spacial score (nSPS) is 22.8. The van der Waals surface area contributed by atoms with Gasteiger partial charge in [-0.05, 0) is 11.6 Å². The summed E-state index contributed by atoms with van der Waals surface area (Å²) in [7, 11) is -4.50. The summed E-state index contributed by atoms with van der Waals surface area (Å²) in [6.45, 7) is 0. The maximum absolute atomic E-state index is 12.5. The molecule has 2 N–H and O–H groups in total. The molecule has 2 aromatic rings. The summed E-state index contributed by atoms with van der Waals surface area (Å²) in [5, 5.41) is 10.4. The van der Waals surface area contributed by atoms with Crippen LogP contribution in [0.4, 0.5) is 0 Å². The molecule has 1 heterocycles. The van der Waals surface area contributed by atoms with E-state index in [1.807, 2.05) is 0 Å². The van der Waals surface area contributed by atoms with Crippen LogP contribution in [-0.4, -0.2) is 35.7 Å². The highest BCUT2D eigenvalue weighted by molar-refractivity contribution is 7.95. The van der Waals surface area contributed by atoms with Crippen molar-refractivity contribution in [2.75, 3.05) is 0 Å².